The van der Waals surface area contributed by atoms with E-state index in [1.54, 1.807) is 6.07 Å². The molecule has 2 N–H and O–H groups in total. The first-order valence-corrected chi connectivity index (χ1v) is 8.74. The molecule has 0 aliphatic rings. The Morgan fingerprint density at radius 3 is 2.50 bits per heavy atom. The largest absolute Gasteiger partial charge is 0.451 e. The fourth-order valence-corrected chi connectivity index (χ4v) is 3.45. The van der Waals surface area contributed by atoms with Crippen LogP contribution in [0.15, 0.2) is 38.6 Å². The number of rotatable bonds is 4. The number of benzene rings is 1. The van der Waals surface area contributed by atoms with E-state index in [1.807, 2.05) is 10.9 Å². The Bertz CT molecular complexity index is 777. The number of hydrazine groups is 1. The number of halogens is 3. The maximum atomic E-state index is 13.4. The van der Waals surface area contributed by atoms with E-state index in [-0.39, 0.29) is 5.56 Å². The lowest BCUT2D eigenvalue weighted by molar-refractivity contribution is -0.125. The van der Waals surface area contributed by atoms with Gasteiger partial charge in [-0.15, -0.1) is 11.3 Å². The molecule has 0 spiro atoms. The van der Waals surface area contributed by atoms with Crippen molar-refractivity contribution >= 4 is 61.0 Å². The lowest BCUT2D eigenvalue weighted by atomic mass is 10.2. The summed E-state index contributed by atoms with van der Waals surface area (Å²) in [7, 11) is 0. The third-order valence-corrected chi connectivity index (χ3v) is 5.85. The molecule has 0 bridgehead atoms. The van der Waals surface area contributed by atoms with Gasteiger partial charge in [-0.3, -0.25) is 20.4 Å². The van der Waals surface area contributed by atoms with Crippen LogP contribution in [0.3, 0.4) is 0 Å². The number of thiophene rings is 1. The van der Waals surface area contributed by atoms with Crippen LogP contribution < -0.4 is 10.9 Å². The van der Waals surface area contributed by atoms with Gasteiger partial charge < -0.3 is 4.74 Å². The molecule has 0 saturated heterocycles. The van der Waals surface area contributed by atoms with Crippen molar-refractivity contribution in [3.63, 3.8) is 0 Å². The molecule has 1 aromatic carbocycles. The predicted octanol–water partition coefficient (Wildman–Crippen LogP) is 3.03. The Labute approximate surface area is 156 Å². The highest BCUT2D eigenvalue weighted by atomic mass is 79.9. The van der Waals surface area contributed by atoms with Crippen molar-refractivity contribution in [1.29, 1.82) is 0 Å². The highest BCUT2D eigenvalue weighted by molar-refractivity contribution is 9.13. The van der Waals surface area contributed by atoms with E-state index in [1.165, 1.54) is 18.2 Å². The number of hydrogen-bond acceptors (Lipinski definition) is 5. The zero-order chi connectivity index (χ0) is 17.7. The van der Waals surface area contributed by atoms with Crippen LogP contribution in [-0.4, -0.2) is 24.4 Å². The van der Waals surface area contributed by atoms with Crippen molar-refractivity contribution in [2.45, 2.75) is 0 Å². The topological polar surface area (TPSA) is 84.5 Å². The van der Waals surface area contributed by atoms with Crippen molar-refractivity contribution in [2.24, 2.45) is 0 Å². The van der Waals surface area contributed by atoms with Crippen LogP contribution in [0.1, 0.15) is 20.0 Å². The Morgan fingerprint density at radius 2 is 1.88 bits per heavy atom. The van der Waals surface area contributed by atoms with Gasteiger partial charge in [-0.25, -0.2) is 9.18 Å². The van der Waals surface area contributed by atoms with Crippen LogP contribution in [-0.2, 0) is 9.53 Å². The van der Waals surface area contributed by atoms with E-state index < -0.39 is 30.2 Å². The molecule has 6 nitrogen and oxygen atoms in total. The van der Waals surface area contributed by atoms with E-state index in [2.05, 4.69) is 31.9 Å². The average molecular weight is 480 g/mol. The minimum Gasteiger partial charge on any atom is -0.451 e. The van der Waals surface area contributed by atoms with Crippen LogP contribution in [0.5, 0.6) is 0 Å². The van der Waals surface area contributed by atoms with Crippen molar-refractivity contribution < 1.29 is 23.5 Å². The third kappa shape index (κ3) is 4.86. The van der Waals surface area contributed by atoms with Crippen molar-refractivity contribution in [3.05, 3.63) is 54.8 Å². The van der Waals surface area contributed by atoms with Crippen molar-refractivity contribution in [2.75, 3.05) is 6.61 Å². The minimum atomic E-state index is -0.820. The predicted molar refractivity (Wildman–Crippen MR) is 92.0 cm³/mol. The zero-order valence-electron chi connectivity index (χ0n) is 11.8. The molecule has 0 saturated carbocycles. The van der Waals surface area contributed by atoms with Gasteiger partial charge in [0.05, 0.1) is 9.35 Å². The molecule has 24 heavy (non-hydrogen) atoms. The van der Waals surface area contributed by atoms with Crippen LogP contribution in [0.25, 0.3) is 0 Å². The highest BCUT2D eigenvalue weighted by Gasteiger charge is 2.16. The standard InChI is InChI=1S/C14H9Br2FN2O4S/c15-8-5-10(24-12(8)16)14(22)23-6-11(20)18-19-13(21)7-3-1-2-4-9(7)17/h1-5H,6H2,(H,18,20)(H,19,21). The van der Waals surface area contributed by atoms with E-state index >= 15 is 0 Å². The smallest absolute Gasteiger partial charge is 0.348 e. The van der Waals surface area contributed by atoms with Gasteiger partial charge in [0.2, 0.25) is 0 Å². The zero-order valence-corrected chi connectivity index (χ0v) is 15.8. The molecule has 10 heteroatoms. The summed E-state index contributed by atoms with van der Waals surface area (Å²) in [5.74, 6) is -2.98. The summed E-state index contributed by atoms with van der Waals surface area (Å²) in [4.78, 5) is 35.3. The van der Waals surface area contributed by atoms with Gasteiger partial charge in [-0.2, -0.15) is 0 Å². The number of esters is 1. The summed E-state index contributed by atoms with van der Waals surface area (Å²) in [6.45, 7) is -0.594. The van der Waals surface area contributed by atoms with Crippen LogP contribution in [0.2, 0.25) is 0 Å². The molecule has 0 aliphatic heterocycles. The summed E-state index contributed by atoms with van der Waals surface area (Å²) in [6.07, 6.45) is 0. The quantitative estimate of drug-likeness (QED) is 0.521. The Kier molecular flexibility index (Phi) is 6.46. The first kappa shape index (κ1) is 18.6. The van der Waals surface area contributed by atoms with E-state index in [0.29, 0.717) is 9.35 Å². The minimum absolute atomic E-state index is 0.219. The molecular weight excluding hydrogens is 471 g/mol. The number of carbonyl (C=O) groups is 3. The molecule has 0 radical (unpaired) electrons. The SMILES string of the molecule is O=C(COC(=O)c1cc(Br)c(Br)s1)NNC(=O)c1ccccc1F. The summed E-state index contributed by atoms with van der Waals surface area (Å²) < 4.78 is 19.6. The molecule has 0 fully saturated rings. The lowest BCUT2D eigenvalue weighted by Crippen LogP contribution is -2.43. The van der Waals surface area contributed by atoms with E-state index in [9.17, 15) is 18.8 Å². The third-order valence-electron chi connectivity index (χ3n) is 2.61. The lowest BCUT2D eigenvalue weighted by Gasteiger charge is -2.08. The summed E-state index contributed by atoms with van der Waals surface area (Å²) in [6, 6.07) is 6.86. The van der Waals surface area contributed by atoms with Gasteiger partial charge in [0.1, 0.15) is 10.7 Å². The first-order valence-electron chi connectivity index (χ1n) is 6.34. The molecule has 2 rings (SSSR count). The van der Waals surface area contributed by atoms with Crippen molar-refractivity contribution in [1.82, 2.24) is 10.9 Å². The monoisotopic (exact) mass is 478 g/mol. The molecule has 0 atom stereocenters. The van der Waals surface area contributed by atoms with Gasteiger partial charge in [0.25, 0.3) is 11.8 Å². The Balaban J connectivity index is 1.80. The number of hydrogen-bond donors (Lipinski definition) is 2. The van der Waals surface area contributed by atoms with Crippen LogP contribution in [0, 0.1) is 5.82 Å². The first-order chi connectivity index (χ1) is 11.4. The van der Waals surface area contributed by atoms with Crippen LogP contribution in [0.4, 0.5) is 4.39 Å². The normalized spacial score (nSPS) is 10.1. The fourth-order valence-electron chi connectivity index (χ4n) is 1.52. The molecule has 0 aliphatic carbocycles. The van der Waals surface area contributed by atoms with Crippen molar-refractivity contribution in [3.8, 4) is 0 Å². The summed E-state index contributed by atoms with van der Waals surface area (Å²) >= 11 is 7.61. The fraction of sp³-hybridized carbons (Fsp3) is 0.0714. The van der Waals surface area contributed by atoms with E-state index in [4.69, 9.17) is 4.74 Å². The van der Waals surface area contributed by atoms with Gasteiger partial charge in [0, 0.05) is 4.47 Å². The Hall–Kier alpha value is -1.78. The molecule has 1 heterocycles. The maximum Gasteiger partial charge on any atom is 0.348 e. The molecule has 1 aromatic heterocycles. The van der Waals surface area contributed by atoms with Gasteiger partial charge in [-0.05, 0) is 50.1 Å². The number of ether oxygens (including phenoxy) is 1. The Morgan fingerprint density at radius 1 is 1.17 bits per heavy atom. The van der Waals surface area contributed by atoms with Gasteiger partial charge in [-0.1, -0.05) is 12.1 Å². The van der Waals surface area contributed by atoms with Gasteiger partial charge in [0.15, 0.2) is 6.61 Å². The second kappa shape index (κ2) is 8.36. The second-order valence-electron chi connectivity index (χ2n) is 4.29. The average Bonchev–Trinajstić information content (AvgIpc) is 2.90. The number of carbonyl (C=O) groups excluding carboxylic acids is 3. The maximum absolute atomic E-state index is 13.4. The summed E-state index contributed by atoms with van der Waals surface area (Å²) in [5.41, 5.74) is 3.85. The highest BCUT2D eigenvalue weighted by Crippen LogP contribution is 2.32. The molecule has 2 amide bonds. The van der Waals surface area contributed by atoms with E-state index in [0.717, 1.165) is 21.2 Å². The molecular formula is C14H9Br2FN2O4S. The number of nitrogens with one attached hydrogen (secondary N) is 2. The van der Waals surface area contributed by atoms with Crippen LogP contribution >= 0.6 is 43.2 Å². The number of amides is 2. The second-order valence-corrected chi connectivity index (χ2v) is 7.52. The van der Waals surface area contributed by atoms with Gasteiger partial charge >= 0.3 is 5.97 Å². The molecule has 2 aromatic rings. The molecule has 126 valence electrons. The summed E-state index contributed by atoms with van der Waals surface area (Å²) in [5, 5.41) is 0. The molecule has 0 unspecified atom stereocenters.